The fourth-order valence-electron chi connectivity index (χ4n) is 3.55. The number of benzene rings is 3. The van der Waals surface area contributed by atoms with E-state index in [1.165, 1.54) is 85.8 Å². The SMILES string of the molecule is Cc1ccc(S(OS(=O)(=O)C(F)(F)C(F)(F)C(F)(F)C(F)(F)F)(c2ccccc2)c2ccccc2)c(C)c1. The van der Waals surface area contributed by atoms with Gasteiger partial charge in [0, 0.05) is 14.7 Å². The average Bonchev–Trinajstić information content (AvgIpc) is 2.83. The number of aryl methyl sites for hydroxylation is 2. The summed E-state index contributed by atoms with van der Waals surface area (Å²) in [5, 5.41) is -7.01. The first kappa shape index (κ1) is 29.8. The Morgan fingerprint density at radius 3 is 1.47 bits per heavy atom. The molecule has 0 atom stereocenters. The Morgan fingerprint density at radius 1 is 0.632 bits per heavy atom. The maximum atomic E-state index is 14.8. The summed E-state index contributed by atoms with van der Waals surface area (Å²) in [5.41, 5.74) is 0.879. The van der Waals surface area contributed by atoms with E-state index in [4.69, 9.17) is 3.63 Å². The van der Waals surface area contributed by atoms with Crippen molar-refractivity contribution in [1.29, 1.82) is 0 Å². The van der Waals surface area contributed by atoms with E-state index in [2.05, 4.69) is 0 Å². The number of rotatable bonds is 8. The van der Waals surface area contributed by atoms with Crippen molar-refractivity contribution >= 4 is 20.4 Å². The molecule has 208 valence electrons. The van der Waals surface area contributed by atoms with Crippen LogP contribution in [0.3, 0.4) is 0 Å². The average molecular weight is 591 g/mol. The van der Waals surface area contributed by atoms with Crippen LogP contribution in [0, 0.1) is 13.8 Å². The zero-order valence-electron chi connectivity index (χ0n) is 19.4. The van der Waals surface area contributed by atoms with Gasteiger partial charge in [-0.2, -0.15) is 47.9 Å². The fraction of sp³-hybridized carbons (Fsp3) is 0.250. The van der Waals surface area contributed by atoms with Crippen LogP contribution >= 0.6 is 10.3 Å². The molecule has 0 spiro atoms. The quantitative estimate of drug-likeness (QED) is 0.248. The van der Waals surface area contributed by atoms with Crippen LogP contribution in [0.5, 0.6) is 0 Å². The van der Waals surface area contributed by atoms with Crippen molar-refractivity contribution < 1.29 is 51.6 Å². The molecule has 0 N–H and O–H groups in total. The summed E-state index contributed by atoms with van der Waals surface area (Å²) in [7, 11) is -11.2. The summed E-state index contributed by atoms with van der Waals surface area (Å²) in [6.07, 6.45) is -7.20. The van der Waals surface area contributed by atoms with Crippen molar-refractivity contribution in [3.8, 4) is 0 Å². The molecule has 3 aromatic rings. The van der Waals surface area contributed by atoms with Gasteiger partial charge >= 0.3 is 33.4 Å². The standard InChI is InChI=1S/C24H19F9O3S2/c1-16-13-14-20(17(2)15-16)37(18-9-5-3-6-10-18,19-11-7-4-8-12-19)36-38(34,35)24(32,33)22(27,28)21(25,26)23(29,30)31/h3-15H,1-2H3. The van der Waals surface area contributed by atoms with Crippen molar-refractivity contribution in [2.45, 2.75) is 51.8 Å². The molecule has 0 saturated heterocycles. The lowest BCUT2D eigenvalue weighted by Gasteiger charge is -2.42. The highest BCUT2D eigenvalue weighted by Crippen LogP contribution is 2.72. The molecule has 3 aromatic carbocycles. The van der Waals surface area contributed by atoms with Gasteiger partial charge in [-0.1, -0.05) is 54.1 Å². The maximum Gasteiger partial charge on any atom is 0.460 e. The Hall–Kier alpha value is -2.71. The highest BCUT2D eigenvalue weighted by molar-refractivity contribution is 8.33. The third kappa shape index (κ3) is 4.66. The second-order valence-electron chi connectivity index (χ2n) is 8.14. The largest absolute Gasteiger partial charge is 0.460 e. The minimum Gasteiger partial charge on any atom is -0.202 e. The second kappa shape index (κ2) is 9.79. The van der Waals surface area contributed by atoms with Gasteiger partial charge in [-0.05, 0) is 60.1 Å². The molecule has 0 aliphatic rings. The molecule has 0 saturated carbocycles. The van der Waals surface area contributed by atoms with Crippen molar-refractivity contribution in [2.24, 2.45) is 0 Å². The Kier molecular flexibility index (Phi) is 7.69. The Morgan fingerprint density at radius 2 is 1.08 bits per heavy atom. The summed E-state index contributed by atoms with van der Waals surface area (Å²) in [6.45, 7) is 3.08. The minimum atomic E-state index is -7.43. The van der Waals surface area contributed by atoms with Crippen molar-refractivity contribution in [3.05, 3.63) is 90.0 Å². The zero-order valence-corrected chi connectivity index (χ0v) is 21.1. The summed E-state index contributed by atoms with van der Waals surface area (Å²) >= 11 is 0. The maximum absolute atomic E-state index is 14.8. The second-order valence-corrected chi connectivity index (χ2v) is 12.6. The Bertz CT molecular complexity index is 1350. The smallest absolute Gasteiger partial charge is 0.202 e. The van der Waals surface area contributed by atoms with Gasteiger partial charge < -0.3 is 0 Å². The highest BCUT2D eigenvalue weighted by atomic mass is 32.3. The summed E-state index contributed by atoms with van der Waals surface area (Å²) in [4.78, 5) is -0.363. The molecule has 38 heavy (non-hydrogen) atoms. The van der Waals surface area contributed by atoms with Crippen LogP contribution in [0.4, 0.5) is 39.5 Å². The van der Waals surface area contributed by atoms with E-state index in [-0.39, 0.29) is 20.2 Å². The number of halogens is 9. The van der Waals surface area contributed by atoms with Crippen LogP contribution in [0.1, 0.15) is 11.1 Å². The molecule has 0 fully saturated rings. The van der Waals surface area contributed by atoms with Crippen LogP contribution in [0.25, 0.3) is 0 Å². The van der Waals surface area contributed by atoms with Gasteiger partial charge in [0.05, 0.1) is 0 Å². The van der Waals surface area contributed by atoms with E-state index in [1.807, 2.05) is 0 Å². The van der Waals surface area contributed by atoms with Gasteiger partial charge in [-0.3, -0.25) is 0 Å². The van der Waals surface area contributed by atoms with E-state index >= 15 is 0 Å². The van der Waals surface area contributed by atoms with Gasteiger partial charge in [0.2, 0.25) is 0 Å². The van der Waals surface area contributed by atoms with Gasteiger partial charge in [-0.15, -0.1) is 0 Å². The van der Waals surface area contributed by atoms with Crippen LogP contribution < -0.4 is 0 Å². The first-order chi connectivity index (χ1) is 17.3. The lowest BCUT2D eigenvalue weighted by Crippen LogP contribution is -2.63. The van der Waals surface area contributed by atoms with Crippen LogP contribution in [-0.4, -0.2) is 31.7 Å². The Balaban J connectivity index is 2.39. The molecule has 0 aliphatic carbocycles. The van der Waals surface area contributed by atoms with Gasteiger partial charge in [0.1, 0.15) is 0 Å². The summed E-state index contributed by atoms with van der Waals surface area (Å²) < 4.78 is 154. The van der Waals surface area contributed by atoms with E-state index in [0.717, 1.165) is 0 Å². The van der Waals surface area contributed by atoms with E-state index in [0.29, 0.717) is 5.56 Å². The molecule has 0 amide bonds. The number of hydrogen-bond acceptors (Lipinski definition) is 3. The molecule has 3 rings (SSSR count). The molecule has 0 unspecified atom stereocenters. The summed E-state index contributed by atoms with van der Waals surface area (Å²) in [5.74, 6) is -14.9. The number of alkyl halides is 9. The fourth-order valence-corrected chi connectivity index (χ4v) is 8.96. The van der Waals surface area contributed by atoms with Crippen LogP contribution in [-0.2, 0) is 13.7 Å². The monoisotopic (exact) mass is 590 g/mol. The van der Waals surface area contributed by atoms with E-state index in [9.17, 15) is 47.9 Å². The first-order valence-electron chi connectivity index (χ1n) is 10.5. The molecular weight excluding hydrogens is 571 g/mol. The van der Waals surface area contributed by atoms with Crippen molar-refractivity contribution in [1.82, 2.24) is 0 Å². The van der Waals surface area contributed by atoms with Crippen molar-refractivity contribution in [2.75, 3.05) is 0 Å². The molecule has 0 heterocycles. The molecule has 0 aromatic heterocycles. The van der Waals surface area contributed by atoms with Crippen LogP contribution in [0.15, 0.2) is 93.5 Å². The molecule has 14 heteroatoms. The highest BCUT2D eigenvalue weighted by Gasteiger charge is 2.86. The topological polar surface area (TPSA) is 43.4 Å². The van der Waals surface area contributed by atoms with E-state index < -0.39 is 43.7 Å². The molecule has 0 aliphatic heterocycles. The number of hydrogen-bond donors (Lipinski definition) is 0. The van der Waals surface area contributed by atoms with Crippen LogP contribution in [0.2, 0.25) is 0 Å². The predicted octanol–water partition coefficient (Wildman–Crippen LogP) is 8.27. The minimum absolute atomic E-state index is 0.0919. The van der Waals surface area contributed by atoms with Crippen molar-refractivity contribution in [3.63, 3.8) is 0 Å². The molecular formula is C24H19F9O3S2. The lowest BCUT2D eigenvalue weighted by atomic mass is 10.1. The summed E-state index contributed by atoms with van der Waals surface area (Å²) in [6, 6.07) is 17.5. The first-order valence-corrected chi connectivity index (χ1v) is 13.5. The third-order valence-corrected chi connectivity index (χ3v) is 10.8. The predicted molar refractivity (Wildman–Crippen MR) is 122 cm³/mol. The van der Waals surface area contributed by atoms with E-state index in [1.54, 1.807) is 6.92 Å². The zero-order chi connectivity index (χ0) is 28.8. The normalized spacial score (nSPS) is 14.4. The Labute approximate surface area is 213 Å². The van der Waals surface area contributed by atoms with Gasteiger partial charge in [0.25, 0.3) is 0 Å². The third-order valence-electron chi connectivity index (χ3n) is 5.41. The van der Waals surface area contributed by atoms with Gasteiger partial charge in [0.15, 0.2) is 0 Å². The van der Waals surface area contributed by atoms with Gasteiger partial charge in [-0.25, -0.2) is 3.63 Å². The lowest BCUT2D eigenvalue weighted by molar-refractivity contribution is -0.382. The molecule has 0 bridgehead atoms. The molecule has 0 radical (unpaired) electrons. The molecule has 3 nitrogen and oxygen atoms in total.